The average Bonchev–Trinajstić information content (AvgIpc) is 3.02. The van der Waals surface area contributed by atoms with Gasteiger partial charge in [0.25, 0.3) is 5.56 Å². The number of hydrogen-bond donors (Lipinski definition) is 0. The first kappa shape index (κ1) is 20.7. The lowest BCUT2D eigenvalue weighted by Crippen LogP contribution is -2.27. The van der Waals surface area contributed by atoms with Gasteiger partial charge < -0.3 is 0 Å². The van der Waals surface area contributed by atoms with Crippen LogP contribution in [0.3, 0.4) is 0 Å². The highest BCUT2D eigenvalue weighted by atomic mass is 32.2. The molecule has 0 spiro atoms. The van der Waals surface area contributed by atoms with Crippen LogP contribution in [0, 0.1) is 11.3 Å². The van der Waals surface area contributed by atoms with Crippen molar-refractivity contribution >= 4 is 33.3 Å². The SMILES string of the molecule is CC(C)Sc1nc2sc3c(c2c(=O)n1Cc1ccccc1)CC[C@@H](C(C)(C)C)C3. The smallest absolute Gasteiger partial charge is 0.263 e. The third-order valence-electron chi connectivity index (χ3n) is 5.88. The number of benzene rings is 1. The Bertz CT molecular complexity index is 1070. The van der Waals surface area contributed by atoms with Crippen LogP contribution in [-0.2, 0) is 19.4 Å². The number of aryl methyl sites for hydroxylation is 1. The molecule has 0 bridgehead atoms. The zero-order chi connectivity index (χ0) is 20.8. The Hall–Kier alpha value is -1.59. The number of thioether (sulfide) groups is 1. The van der Waals surface area contributed by atoms with E-state index in [1.54, 1.807) is 23.1 Å². The van der Waals surface area contributed by atoms with Crippen molar-refractivity contribution in [2.24, 2.45) is 11.3 Å². The van der Waals surface area contributed by atoms with E-state index in [2.05, 4.69) is 46.8 Å². The second-order valence-corrected chi connectivity index (χ2v) is 12.1. The van der Waals surface area contributed by atoms with Crippen molar-refractivity contribution in [3.05, 3.63) is 56.7 Å². The largest absolute Gasteiger partial charge is 0.283 e. The zero-order valence-electron chi connectivity index (χ0n) is 18.0. The van der Waals surface area contributed by atoms with E-state index in [9.17, 15) is 4.79 Å². The second-order valence-electron chi connectivity index (χ2n) is 9.43. The third kappa shape index (κ3) is 4.17. The van der Waals surface area contributed by atoms with Crippen LogP contribution >= 0.6 is 23.1 Å². The van der Waals surface area contributed by atoms with Crippen molar-refractivity contribution in [2.45, 2.75) is 70.8 Å². The fourth-order valence-corrected chi connectivity index (χ4v) is 6.37. The Balaban J connectivity index is 1.84. The summed E-state index contributed by atoms with van der Waals surface area (Å²) in [5.41, 5.74) is 2.84. The first-order chi connectivity index (χ1) is 13.7. The molecule has 3 aromatic rings. The van der Waals surface area contributed by atoms with Crippen LogP contribution in [0.25, 0.3) is 10.2 Å². The van der Waals surface area contributed by atoms with Gasteiger partial charge in [-0.25, -0.2) is 4.98 Å². The van der Waals surface area contributed by atoms with Gasteiger partial charge in [0.05, 0.1) is 11.9 Å². The van der Waals surface area contributed by atoms with Gasteiger partial charge >= 0.3 is 0 Å². The quantitative estimate of drug-likeness (QED) is 0.370. The van der Waals surface area contributed by atoms with E-state index < -0.39 is 0 Å². The molecular weight excluding hydrogens is 396 g/mol. The predicted molar refractivity (Wildman–Crippen MR) is 125 cm³/mol. The Morgan fingerprint density at radius 2 is 1.97 bits per heavy atom. The molecule has 0 amide bonds. The van der Waals surface area contributed by atoms with Crippen LogP contribution in [0.15, 0.2) is 40.3 Å². The molecule has 0 fully saturated rings. The van der Waals surface area contributed by atoms with E-state index in [0.717, 1.165) is 40.2 Å². The van der Waals surface area contributed by atoms with Crippen molar-refractivity contribution < 1.29 is 0 Å². The van der Waals surface area contributed by atoms with Crippen molar-refractivity contribution in [3.63, 3.8) is 0 Å². The standard InChI is InChI=1S/C24H30N2OS2/c1-15(2)28-23-25-21-20(22(27)26(23)14-16-9-7-6-8-10-16)18-12-11-17(24(3,4)5)13-19(18)29-21/h6-10,15,17H,11-14H2,1-5H3/t17-/m1/s1. The van der Waals surface area contributed by atoms with E-state index in [4.69, 9.17) is 4.98 Å². The summed E-state index contributed by atoms with van der Waals surface area (Å²) in [5.74, 6) is 0.666. The van der Waals surface area contributed by atoms with Gasteiger partial charge in [-0.2, -0.15) is 0 Å². The second kappa shape index (κ2) is 7.92. The summed E-state index contributed by atoms with van der Waals surface area (Å²) in [4.78, 5) is 21.0. The van der Waals surface area contributed by atoms with Crippen molar-refractivity contribution in [1.82, 2.24) is 9.55 Å². The summed E-state index contributed by atoms with van der Waals surface area (Å²) < 4.78 is 1.89. The molecule has 0 unspecified atom stereocenters. The number of rotatable bonds is 4. The van der Waals surface area contributed by atoms with Crippen LogP contribution in [0.2, 0.25) is 0 Å². The average molecular weight is 427 g/mol. The molecule has 3 nitrogen and oxygen atoms in total. The van der Waals surface area contributed by atoms with Gasteiger partial charge in [0.2, 0.25) is 0 Å². The van der Waals surface area contributed by atoms with E-state index in [0.29, 0.717) is 23.1 Å². The molecule has 5 heteroatoms. The molecule has 1 aliphatic carbocycles. The van der Waals surface area contributed by atoms with Gasteiger partial charge in [0.15, 0.2) is 5.16 Å². The minimum Gasteiger partial charge on any atom is -0.283 e. The lowest BCUT2D eigenvalue weighted by atomic mass is 9.72. The number of aromatic nitrogens is 2. The molecule has 1 aliphatic rings. The minimum absolute atomic E-state index is 0.133. The first-order valence-corrected chi connectivity index (χ1v) is 12.2. The molecule has 0 aliphatic heterocycles. The summed E-state index contributed by atoms with van der Waals surface area (Å²) in [6.07, 6.45) is 3.23. The van der Waals surface area contributed by atoms with Crippen molar-refractivity contribution in [3.8, 4) is 0 Å². The van der Waals surface area contributed by atoms with Gasteiger partial charge in [0, 0.05) is 10.1 Å². The lowest BCUT2D eigenvalue weighted by molar-refractivity contribution is 0.218. The van der Waals surface area contributed by atoms with Crippen molar-refractivity contribution in [1.29, 1.82) is 0 Å². The normalized spacial score (nSPS) is 17.1. The van der Waals surface area contributed by atoms with Gasteiger partial charge in [-0.1, -0.05) is 76.7 Å². The van der Waals surface area contributed by atoms with Gasteiger partial charge in [-0.15, -0.1) is 11.3 Å². The van der Waals surface area contributed by atoms with E-state index in [-0.39, 0.29) is 5.56 Å². The van der Waals surface area contributed by atoms with E-state index >= 15 is 0 Å². The minimum atomic E-state index is 0.133. The van der Waals surface area contributed by atoms with E-state index in [1.165, 1.54) is 10.4 Å². The van der Waals surface area contributed by atoms with Crippen LogP contribution in [0.1, 0.15) is 57.0 Å². The predicted octanol–water partition coefficient (Wildman–Crippen LogP) is 6.16. The van der Waals surface area contributed by atoms with Gasteiger partial charge in [-0.05, 0) is 41.7 Å². The molecule has 0 radical (unpaired) electrons. The van der Waals surface area contributed by atoms with Gasteiger partial charge in [0.1, 0.15) is 4.83 Å². The van der Waals surface area contributed by atoms with Crippen LogP contribution in [-0.4, -0.2) is 14.8 Å². The number of thiophene rings is 1. The molecule has 154 valence electrons. The fraction of sp³-hybridized carbons (Fsp3) is 0.500. The molecule has 2 aromatic heterocycles. The molecule has 1 aromatic carbocycles. The maximum Gasteiger partial charge on any atom is 0.263 e. The Kier molecular flexibility index (Phi) is 5.64. The molecule has 0 saturated carbocycles. The topological polar surface area (TPSA) is 34.9 Å². The number of nitrogens with zero attached hydrogens (tertiary/aromatic N) is 2. The molecule has 1 atom stereocenters. The van der Waals surface area contributed by atoms with E-state index in [1.807, 2.05) is 22.8 Å². The number of fused-ring (bicyclic) bond motifs is 3. The Labute approximate surface area is 181 Å². The highest BCUT2D eigenvalue weighted by Gasteiger charge is 2.32. The van der Waals surface area contributed by atoms with Crippen molar-refractivity contribution in [2.75, 3.05) is 0 Å². The third-order valence-corrected chi connectivity index (χ3v) is 8.03. The van der Waals surface area contributed by atoms with Gasteiger partial charge in [-0.3, -0.25) is 9.36 Å². The van der Waals surface area contributed by atoms with Crippen LogP contribution < -0.4 is 5.56 Å². The summed E-state index contributed by atoms with van der Waals surface area (Å²) >= 11 is 3.43. The van der Waals surface area contributed by atoms with Crippen LogP contribution in [0.5, 0.6) is 0 Å². The highest BCUT2D eigenvalue weighted by Crippen LogP contribution is 2.42. The number of hydrogen-bond acceptors (Lipinski definition) is 4. The molecule has 0 N–H and O–H groups in total. The van der Waals surface area contributed by atoms with Crippen LogP contribution in [0.4, 0.5) is 0 Å². The summed E-state index contributed by atoms with van der Waals surface area (Å²) in [7, 11) is 0. The molecule has 2 heterocycles. The first-order valence-electron chi connectivity index (χ1n) is 10.5. The fourth-order valence-electron chi connectivity index (χ4n) is 4.19. The lowest BCUT2D eigenvalue weighted by Gasteiger charge is -2.33. The highest BCUT2D eigenvalue weighted by molar-refractivity contribution is 7.99. The summed E-state index contributed by atoms with van der Waals surface area (Å²) in [5, 5.41) is 2.09. The monoisotopic (exact) mass is 426 g/mol. The summed E-state index contributed by atoms with van der Waals surface area (Å²) in [6, 6.07) is 10.2. The maximum atomic E-state index is 13.7. The zero-order valence-corrected chi connectivity index (χ0v) is 19.6. The summed E-state index contributed by atoms with van der Waals surface area (Å²) in [6.45, 7) is 11.9. The molecule has 0 saturated heterocycles. The maximum absolute atomic E-state index is 13.7. The Morgan fingerprint density at radius 1 is 1.24 bits per heavy atom. The Morgan fingerprint density at radius 3 is 2.62 bits per heavy atom. The molecule has 29 heavy (non-hydrogen) atoms. The molecular formula is C24H30N2OS2. The molecule has 4 rings (SSSR count).